The molecule has 0 amide bonds. The van der Waals surface area contributed by atoms with E-state index in [0.717, 1.165) is 26.7 Å². The molecular formula is C57H86N3+3. The van der Waals surface area contributed by atoms with Crippen LogP contribution in [0.15, 0.2) is 0 Å². The topological polar surface area (TPSA) is 0 Å². The Labute approximate surface area is 374 Å². The minimum atomic E-state index is 0.375. The molecule has 3 heteroatoms. The van der Waals surface area contributed by atoms with Crippen LogP contribution in [0, 0.1) is 136 Å². The maximum atomic E-state index is 4.89. The highest BCUT2D eigenvalue weighted by atomic mass is 15.6. The molecule has 4 rings (SSSR count). The highest BCUT2D eigenvalue weighted by Crippen LogP contribution is 2.73. The van der Waals surface area contributed by atoms with Crippen molar-refractivity contribution in [2.75, 3.05) is 42.3 Å². The molecule has 4 saturated heterocycles. The van der Waals surface area contributed by atoms with E-state index in [9.17, 15) is 0 Å². The molecular weight excluding hydrogens is 727 g/mol. The molecule has 4 aliphatic rings. The molecule has 4 fully saturated rings. The molecule has 1 unspecified atom stereocenters. The Bertz CT molecular complexity index is 2040. The number of nitrogens with zero attached hydrogens (tertiary/aromatic N) is 3. The van der Waals surface area contributed by atoms with Crippen LogP contribution in [0.2, 0.25) is 0 Å². The second-order valence-corrected chi connectivity index (χ2v) is 24.3. The van der Waals surface area contributed by atoms with E-state index in [-0.39, 0.29) is 0 Å². The van der Waals surface area contributed by atoms with Crippen LogP contribution in [0.3, 0.4) is 0 Å². The van der Waals surface area contributed by atoms with Gasteiger partial charge in [0.2, 0.25) is 0 Å². The molecule has 326 valence electrons. The van der Waals surface area contributed by atoms with Crippen LogP contribution < -0.4 is 0 Å². The van der Waals surface area contributed by atoms with E-state index in [0.29, 0.717) is 44.1 Å². The zero-order chi connectivity index (χ0) is 47.7. The van der Waals surface area contributed by atoms with Crippen molar-refractivity contribution < 1.29 is 13.4 Å². The number of fused-ring (bicyclic) bond motifs is 1. The van der Waals surface area contributed by atoms with Gasteiger partial charge in [0.05, 0.1) is 65.2 Å². The van der Waals surface area contributed by atoms with E-state index in [1.165, 1.54) is 17.3 Å². The van der Waals surface area contributed by atoms with Crippen LogP contribution in [0.25, 0.3) is 0 Å². The molecule has 2 bridgehead atoms. The molecule has 0 aromatic heterocycles. The SMILES string of the molecule is C#CC#CC#CC#CC#CC#CC#CC#CC#CC.CC(C)(C)CC1C(C)(C)[N+](C)(C)C1(C)C.CC(C)(C)CC1C2C(C)(C)[N+](C)(C1(C)C)C2(C)C.CC(C)(C)[N+](C)(C)C. The van der Waals surface area contributed by atoms with E-state index in [4.69, 9.17) is 6.42 Å². The zero-order valence-electron chi connectivity index (χ0n) is 43.6. The van der Waals surface area contributed by atoms with Gasteiger partial charge >= 0.3 is 0 Å². The molecule has 0 aromatic carbocycles. The summed E-state index contributed by atoms with van der Waals surface area (Å²) in [5, 5.41) is 0. The highest BCUT2D eigenvalue weighted by Gasteiger charge is 2.86. The van der Waals surface area contributed by atoms with Crippen LogP contribution in [0.1, 0.15) is 151 Å². The van der Waals surface area contributed by atoms with Crippen molar-refractivity contribution in [3.8, 4) is 107 Å². The average Bonchev–Trinajstić information content (AvgIpc) is 3.27. The second kappa shape index (κ2) is 19.7. The highest BCUT2D eigenvalue weighted by molar-refractivity contribution is 5.46. The van der Waals surface area contributed by atoms with Gasteiger partial charge in [-0.15, -0.1) is 6.42 Å². The Morgan fingerprint density at radius 1 is 0.467 bits per heavy atom. The Morgan fingerprint density at radius 2 is 0.750 bits per heavy atom. The molecule has 3 nitrogen and oxygen atoms in total. The number of hydrogen-bond acceptors (Lipinski definition) is 0. The first kappa shape index (κ1) is 55.9. The Balaban J connectivity index is 0.000000802. The largest absolute Gasteiger partial charge is 0.327 e. The Hall–Kier alpha value is -4.08. The van der Waals surface area contributed by atoms with Gasteiger partial charge in [-0.05, 0) is 215 Å². The van der Waals surface area contributed by atoms with Crippen molar-refractivity contribution in [2.24, 2.45) is 28.6 Å². The van der Waals surface area contributed by atoms with Gasteiger partial charge in [-0.25, -0.2) is 0 Å². The zero-order valence-corrected chi connectivity index (χ0v) is 43.6. The first-order valence-corrected chi connectivity index (χ1v) is 21.6. The lowest BCUT2D eigenvalue weighted by atomic mass is 9.56. The second-order valence-electron chi connectivity index (χ2n) is 24.3. The van der Waals surface area contributed by atoms with Crippen LogP contribution in [-0.4, -0.2) is 89.0 Å². The van der Waals surface area contributed by atoms with Crippen LogP contribution in [-0.2, 0) is 0 Å². The molecule has 0 aromatic rings. The summed E-state index contributed by atoms with van der Waals surface area (Å²) >= 11 is 0. The number of quaternary nitrogens is 3. The van der Waals surface area contributed by atoms with Crippen LogP contribution in [0.4, 0.5) is 0 Å². The Morgan fingerprint density at radius 3 is 0.967 bits per heavy atom. The summed E-state index contributed by atoms with van der Waals surface area (Å²) in [7, 11) is 13.9. The number of terminal acetylenes is 1. The van der Waals surface area contributed by atoms with Gasteiger partial charge in [-0.1, -0.05) is 47.5 Å². The van der Waals surface area contributed by atoms with E-state index >= 15 is 0 Å². The summed E-state index contributed by atoms with van der Waals surface area (Å²) in [5.74, 6) is 44.4. The average molecular weight is 813 g/mol. The number of hydrogen-bond donors (Lipinski definition) is 0. The van der Waals surface area contributed by atoms with E-state index in [2.05, 4.69) is 274 Å². The van der Waals surface area contributed by atoms with E-state index < -0.39 is 0 Å². The van der Waals surface area contributed by atoms with Gasteiger partial charge in [-0.2, -0.15) is 0 Å². The summed E-state index contributed by atoms with van der Waals surface area (Å²) in [4.78, 5) is 0. The summed E-state index contributed by atoms with van der Waals surface area (Å²) in [6.07, 6.45) is 7.57. The molecule has 0 radical (unpaired) electrons. The van der Waals surface area contributed by atoms with Gasteiger partial charge in [0.25, 0.3) is 0 Å². The normalized spacial score (nSPS) is 23.4. The van der Waals surface area contributed by atoms with Crippen molar-refractivity contribution in [1.29, 1.82) is 0 Å². The first-order valence-electron chi connectivity index (χ1n) is 21.6. The quantitative estimate of drug-likeness (QED) is 0.193. The number of likely N-dealkylation sites (tertiary alicyclic amines) is 1. The van der Waals surface area contributed by atoms with Crippen molar-refractivity contribution in [3.05, 3.63) is 0 Å². The molecule has 4 aliphatic heterocycles. The maximum absolute atomic E-state index is 4.89. The smallest absolute Gasteiger partial charge is 0.104 e. The van der Waals surface area contributed by atoms with Gasteiger partial charge in [0.15, 0.2) is 0 Å². The Kier molecular flexibility index (Phi) is 18.4. The monoisotopic (exact) mass is 813 g/mol. The van der Waals surface area contributed by atoms with Crippen molar-refractivity contribution >= 4 is 0 Å². The van der Waals surface area contributed by atoms with Crippen molar-refractivity contribution in [2.45, 2.75) is 185 Å². The van der Waals surface area contributed by atoms with Crippen LogP contribution >= 0.6 is 0 Å². The fraction of sp³-hybridized carbons (Fsp3) is 0.684. The van der Waals surface area contributed by atoms with E-state index in [1.54, 1.807) is 6.92 Å². The summed E-state index contributed by atoms with van der Waals surface area (Å²) in [6.45, 7) is 47.4. The van der Waals surface area contributed by atoms with Gasteiger partial charge < -0.3 is 13.4 Å². The predicted molar refractivity (Wildman–Crippen MR) is 262 cm³/mol. The summed E-state index contributed by atoms with van der Waals surface area (Å²) < 4.78 is 3.40. The lowest BCUT2D eigenvalue weighted by Crippen LogP contribution is -2.84. The summed E-state index contributed by atoms with van der Waals surface area (Å²) in [6, 6.07) is 0. The molecule has 0 spiro atoms. The summed E-state index contributed by atoms with van der Waals surface area (Å²) in [5.41, 5.74) is 3.34. The minimum absolute atomic E-state index is 0.375. The van der Waals surface area contributed by atoms with Crippen LogP contribution in [0.5, 0.6) is 0 Å². The number of rotatable bonds is 2. The minimum Gasteiger partial charge on any atom is -0.327 e. The molecule has 0 aliphatic carbocycles. The molecule has 0 saturated carbocycles. The van der Waals surface area contributed by atoms with Gasteiger partial charge in [0.1, 0.15) is 22.2 Å². The molecule has 4 heterocycles. The standard InChI is InChI=1S/C19H4.C17H34N.C14H30N.C7H18N/c1-3-5-7-9-11-13-15-17-19-18-16-14-12-10-8-6-4-2;1-14(2,3)11-12-13-16(6,7)18(10,15(12,4)5)17(13,8)9;1-12(2,3)10-11-13(4,5)15(8,9)14(11,6)7;1-7(2,3)8(4,5)6/h1H,2H3;12-13H,11H2,1-10H3;11H,10H2,1-9H3;1-6H3/q;3*+1. The lowest BCUT2D eigenvalue weighted by molar-refractivity contribution is -1.06. The predicted octanol–water partition coefficient (Wildman–Crippen LogP) is 10.3. The third-order valence-electron chi connectivity index (χ3n) is 15.6. The van der Waals surface area contributed by atoms with Gasteiger partial charge in [-0.3, -0.25) is 0 Å². The third-order valence-corrected chi connectivity index (χ3v) is 15.6. The van der Waals surface area contributed by atoms with Crippen molar-refractivity contribution in [3.63, 3.8) is 0 Å². The van der Waals surface area contributed by atoms with Gasteiger partial charge in [0, 0.05) is 5.92 Å². The third kappa shape index (κ3) is 12.5. The molecule has 60 heavy (non-hydrogen) atoms. The lowest BCUT2D eigenvalue weighted by Gasteiger charge is -2.71. The molecule has 1 atom stereocenters. The maximum Gasteiger partial charge on any atom is 0.104 e. The first-order chi connectivity index (χ1) is 26.7. The van der Waals surface area contributed by atoms with Crippen molar-refractivity contribution in [1.82, 2.24) is 0 Å². The molecule has 0 N–H and O–H groups in total. The van der Waals surface area contributed by atoms with E-state index in [1.807, 2.05) is 0 Å². The fourth-order valence-corrected chi connectivity index (χ4v) is 10.3. The fourth-order valence-electron chi connectivity index (χ4n) is 10.3.